The third-order valence-electron chi connectivity index (χ3n) is 4.87. The van der Waals surface area contributed by atoms with E-state index >= 15 is 0 Å². The molecule has 23 heavy (non-hydrogen) atoms. The van der Waals surface area contributed by atoms with Crippen molar-refractivity contribution in [2.75, 3.05) is 39.3 Å². The zero-order valence-corrected chi connectivity index (χ0v) is 14.9. The van der Waals surface area contributed by atoms with E-state index in [9.17, 15) is 9.90 Å². The van der Waals surface area contributed by atoms with Crippen molar-refractivity contribution in [3.8, 4) is 0 Å². The van der Waals surface area contributed by atoms with Gasteiger partial charge in [-0.1, -0.05) is 0 Å². The molecule has 2 aliphatic rings. The van der Waals surface area contributed by atoms with E-state index in [-0.39, 0.29) is 12.0 Å². The number of nitrogens with zero attached hydrogens (tertiary/aromatic N) is 3. The van der Waals surface area contributed by atoms with E-state index in [2.05, 4.69) is 28.2 Å². The van der Waals surface area contributed by atoms with E-state index in [4.69, 9.17) is 0 Å². The smallest absolute Gasteiger partial charge is 0.237 e. The molecule has 0 unspecified atom stereocenters. The number of piperazine rings is 1. The fourth-order valence-electron chi connectivity index (χ4n) is 3.58. The Kier molecular flexibility index (Phi) is 5.36. The maximum atomic E-state index is 12.6. The molecule has 2 atom stereocenters. The second-order valence-corrected chi connectivity index (χ2v) is 7.86. The van der Waals surface area contributed by atoms with Crippen molar-refractivity contribution < 1.29 is 9.90 Å². The molecule has 5 nitrogen and oxygen atoms in total. The van der Waals surface area contributed by atoms with E-state index in [0.29, 0.717) is 12.6 Å². The standard InChI is InChI=1S/C17H27N3O2S/c1-13-9-18(10-14(2)21)6-7-19(13)12-17(22)20-5-3-16-15(11-20)4-8-23-16/h4,8,13-14,21H,3,5-7,9-12H2,1-2H3/t13-,14-/m1/s1. The molecule has 1 N–H and O–H groups in total. The first-order valence-electron chi connectivity index (χ1n) is 8.50. The quantitative estimate of drug-likeness (QED) is 0.891. The number of rotatable bonds is 4. The predicted molar refractivity (Wildman–Crippen MR) is 92.6 cm³/mol. The molecular weight excluding hydrogens is 310 g/mol. The van der Waals surface area contributed by atoms with Gasteiger partial charge in [0.15, 0.2) is 0 Å². The number of hydrogen-bond acceptors (Lipinski definition) is 5. The van der Waals surface area contributed by atoms with Gasteiger partial charge in [0, 0.05) is 50.2 Å². The van der Waals surface area contributed by atoms with Crippen LogP contribution >= 0.6 is 11.3 Å². The second kappa shape index (κ2) is 7.30. The van der Waals surface area contributed by atoms with Gasteiger partial charge in [0.25, 0.3) is 0 Å². The van der Waals surface area contributed by atoms with Gasteiger partial charge < -0.3 is 10.0 Å². The number of β-amino-alcohol motifs (C(OH)–C–C–N with tert-alkyl or cyclic N) is 1. The lowest BCUT2D eigenvalue weighted by Gasteiger charge is -2.40. The molecular formula is C17H27N3O2S. The fraction of sp³-hybridized carbons (Fsp3) is 0.706. The Morgan fingerprint density at radius 2 is 2.26 bits per heavy atom. The minimum atomic E-state index is -0.288. The first-order valence-corrected chi connectivity index (χ1v) is 9.38. The van der Waals surface area contributed by atoms with E-state index in [1.807, 2.05) is 11.8 Å². The Balaban J connectivity index is 1.51. The molecule has 2 aliphatic heterocycles. The minimum absolute atomic E-state index is 0.248. The topological polar surface area (TPSA) is 47.0 Å². The average molecular weight is 337 g/mol. The average Bonchev–Trinajstić information content (AvgIpc) is 2.96. The Labute approximate surface area is 142 Å². The molecule has 0 spiro atoms. The second-order valence-electron chi connectivity index (χ2n) is 6.86. The molecule has 3 rings (SSSR count). The van der Waals surface area contributed by atoms with Crippen LogP contribution < -0.4 is 0 Å². The van der Waals surface area contributed by atoms with Crippen molar-refractivity contribution in [1.82, 2.24) is 14.7 Å². The Hall–Kier alpha value is -0.950. The van der Waals surface area contributed by atoms with Crippen LogP contribution in [-0.4, -0.2) is 77.1 Å². The van der Waals surface area contributed by atoms with Crippen LogP contribution in [0.25, 0.3) is 0 Å². The summed E-state index contributed by atoms with van der Waals surface area (Å²) in [6.45, 7) is 9.62. The molecule has 0 aromatic carbocycles. The number of hydrogen-bond donors (Lipinski definition) is 1. The number of carbonyl (C=O) groups excluding carboxylic acids is 1. The lowest BCUT2D eigenvalue weighted by molar-refractivity contribution is -0.134. The summed E-state index contributed by atoms with van der Waals surface area (Å²) in [5, 5.41) is 11.6. The zero-order valence-electron chi connectivity index (χ0n) is 14.1. The summed E-state index contributed by atoms with van der Waals surface area (Å²) in [7, 11) is 0. The third-order valence-corrected chi connectivity index (χ3v) is 5.89. The molecule has 128 valence electrons. The monoisotopic (exact) mass is 337 g/mol. The Morgan fingerprint density at radius 1 is 1.43 bits per heavy atom. The minimum Gasteiger partial charge on any atom is -0.392 e. The molecule has 0 radical (unpaired) electrons. The number of carbonyl (C=O) groups is 1. The van der Waals surface area contributed by atoms with Crippen LogP contribution in [0, 0.1) is 0 Å². The van der Waals surface area contributed by atoms with Gasteiger partial charge in [0.1, 0.15) is 0 Å². The molecule has 0 saturated carbocycles. The molecule has 1 aromatic heterocycles. The number of amides is 1. The van der Waals surface area contributed by atoms with E-state index in [1.165, 1.54) is 10.4 Å². The summed E-state index contributed by atoms with van der Waals surface area (Å²) in [6.07, 6.45) is 0.708. The van der Waals surface area contributed by atoms with Crippen LogP contribution in [0.15, 0.2) is 11.4 Å². The van der Waals surface area contributed by atoms with Gasteiger partial charge in [-0.3, -0.25) is 14.6 Å². The maximum Gasteiger partial charge on any atom is 0.237 e. The molecule has 1 saturated heterocycles. The zero-order chi connectivity index (χ0) is 16.4. The summed E-state index contributed by atoms with van der Waals surface area (Å²) in [6, 6.07) is 2.50. The van der Waals surface area contributed by atoms with E-state index in [1.54, 1.807) is 11.3 Å². The summed E-state index contributed by atoms with van der Waals surface area (Å²) in [5.41, 5.74) is 1.32. The lowest BCUT2D eigenvalue weighted by atomic mass is 10.1. The highest BCUT2D eigenvalue weighted by molar-refractivity contribution is 7.10. The molecule has 6 heteroatoms. The Morgan fingerprint density at radius 3 is 3.00 bits per heavy atom. The first kappa shape index (κ1) is 16.9. The highest BCUT2D eigenvalue weighted by Crippen LogP contribution is 2.24. The summed E-state index contributed by atoms with van der Waals surface area (Å²) < 4.78 is 0. The van der Waals surface area contributed by atoms with Crippen LogP contribution in [0.1, 0.15) is 24.3 Å². The van der Waals surface area contributed by atoms with Gasteiger partial charge in [-0.05, 0) is 37.3 Å². The molecule has 1 amide bonds. The molecule has 1 fully saturated rings. The van der Waals surface area contributed by atoms with Gasteiger partial charge in [-0.2, -0.15) is 0 Å². The normalized spacial score (nSPS) is 24.5. The van der Waals surface area contributed by atoms with Crippen molar-refractivity contribution in [2.24, 2.45) is 0 Å². The molecule has 0 bridgehead atoms. The molecule has 1 aromatic rings. The van der Waals surface area contributed by atoms with Crippen molar-refractivity contribution >= 4 is 17.2 Å². The Bertz CT molecular complexity index is 546. The first-order chi connectivity index (χ1) is 11.0. The maximum absolute atomic E-state index is 12.6. The summed E-state index contributed by atoms with van der Waals surface area (Å²) in [5.74, 6) is 0.248. The lowest BCUT2D eigenvalue weighted by Crippen LogP contribution is -2.55. The summed E-state index contributed by atoms with van der Waals surface area (Å²) >= 11 is 1.81. The van der Waals surface area contributed by atoms with Crippen molar-refractivity contribution in [3.05, 3.63) is 21.9 Å². The highest BCUT2D eigenvalue weighted by Gasteiger charge is 2.28. The van der Waals surface area contributed by atoms with Crippen LogP contribution in [0.5, 0.6) is 0 Å². The SMILES string of the molecule is C[C@@H]1CN(C[C@@H](C)O)CCN1CC(=O)N1CCc2sccc2C1. The van der Waals surface area contributed by atoms with Crippen LogP contribution in [-0.2, 0) is 17.8 Å². The van der Waals surface area contributed by atoms with E-state index < -0.39 is 0 Å². The van der Waals surface area contributed by atoms with Crippen molar-refractivity contribution in [3.63, 3.8) is 0 Å². The fourth-order valence-corrected chi connectivity index (χ4v) is 4.47. The van der Waals surface area contributed by atoms with Crippen molar-refractivity contribution in [1.29, 1.82) is 0 Å². The van der Waals surface area contributed by atoms with Crippen LogP contribution in [0.3, 0.4) is 0 Å². The van der Waals surface area contributed by atoms with Crippen molar-refractivity contribution in [2.45, 2.75) is 39.0 Å². The van der Waals surface area contributed by atoms with Gasteiger partial charge in [-0.25, -0.2) is 0 Å². The van der Waals surface area contributed by atoms with Gasteiger partial charge in [0.05, 0.1) is 12.6 Å². The molecule has 3 heterocycles. The predicted octanol–water partition coefficient (Wildman–Crippen LogP) is 1.02. The van der Waals surface area contributed by atoms with E-state index in [0.717, 1.165) is 45.7 Å². The molecule has 0 aliphatic carbocycles. The van der Waals surface area contributed by atoms with Gasteiger partial charge in [0.2, 0.25) is 5.91 Å². The van der Waals surface area contributed by atoms with Gasteiger partial charge >= 0.3 is 0 Å². The number of fused-ring (bicyclic) bond motifs is 1. The summed E-state index contributed by atoms with van der Waals surface area (Å²) in [4.78, 5) is 20.6. The highest BCUT2D eigenvalue weighted by atomic mass is 32.1. The number of thiophene rings is 1. The van der Waals surface area contributed by atoms with Crippen LogP contribution in [0.4, 0.5) is 0 Å². The van der Waals surface area contributed by atoms with Crippen LogP contribution in [0.2, 0.25) is 0 Å². The third kappa shape index (κ3) is 4.12. The largest absolute Gasteiger partial charge is 0.392 e. The van der Waals surface area contributed by atoms with Gasteiger partial charge in [-0.15, -0.1) is 11.3 Å². The number of aliphatic hydroxyl groups is 1. The number of aliphatic hydroxyl groups excluding tert-OH is 1.